The fourth-order valence-electron chi connectivity index (χ4n) is 2.91. The van der Waals surface area contributed by atoms with Gasteiger partial charge in [-0.05, 0) is 13.3 Å². The van der Waals surface area contributed by atoms with E-state index in [-0.39, 0.29) is 18.2 Å². The van der Waals surface area contributed by atoms with Crippen LogP contribution in [0.3, 0.4) is 0 Å². The maximum absolute atomic E-state index is 13.7. The zero-order chi connectivity index (χ0) is 16.4. The average Bonchev–Trinajstić information content (AvgIpc) is 2.99. The molecule has 2 aromatic rings. The minimum atomic E-state index is -0.590. The van der Waals surface area contributed by atoms with Crippen LogP contribution in [0.5, 0.6) is 0 Å². The Labute approximate surface area is 134 Å². The molecule has 0 spiro atoms. The van der Waals surface area contributed by atoms with Gasteiger partial charge in [-0.15, -0.1) is 0 Å². The van der Waals surface area contributed by atoms with E-state index in [1.165, 1.54) is 0 Å². The highest BCUT2D eigenvalue weighted by Crippen LogP contribution is 2.22. The van der Waals surface area contributed by atoms with Crippen LogP contribution in [0.4, 0.5) is 14.6 Å². The van der Waals surface area contributed by atoms with Gasteiger partial charge >= 0.3 is 0 Å². The van der Waals surface area contributed by atoms with Gasteiger partial charge in [0, 0.05) is 50.0 Å². The molecule has 1 aliphatic rings. The van der Waals surface area contributed by atoms with E-state index >= 15 is 0 Å². The first-order valence-electron chi connectivity index (χ1n) is 7.56. The van der Waals surface area contributed by atoms with Crippen molar-refractivity contribution >= 4 is 5.82 Å². The minimum absolute atomic E-state index is 0.0844. The van der Waals surface area contributed by atoms with Gasteiger partial charge in [0.05, 0.1) is 12.4 Å². The molecular weight excluding hydrogens is 300 g/mol. The van der Waals surface area contributed by atoms with E-state index in [1.54, 1.807) is 6.33 Å². The summed E-state index contributed by atoms with van der Waals surface area (Å²) >= 11 is 0. The third-order valence-electron chi connectivity index (χ3n) is 4.28. The van der Waals surface area contributed by atoms with Crippen molar-refractivity contribution < 1.29 is 8.78 Å². The first-order chi connectivity index (χ1) is 11.0. The van der Waals surface area contributed by atoms with E-state index in [9.17, 15) is 8.78 Å². The maximum atomic E-state index is 13.7. The van der Waals surface area contributed by atoms with Crippen LogP contribution in [0.1, 0.15) is 17.7 Å². The number of hydrogen-bond acceptors (Lipinski definition) is 5. The third kappa shape index (κ3) is 3.44. The predicted molar refractivity (Wildman–Crippen MR) is 83.0 cm³/mol. The van der Waals surface area contributed by atoms with Gasteiger partial charge in [0.15, 0.2) is 0 Å². The van der Waals surface area contributed by atoms with Crippen LogP contribution in [0.2, 0.25) is 0 Å². The monoisotopic (exact) mass is 319 g/mol. The van der Waals surface area contributed by atoms with E-state index in [0.29, 0.717) is 0 Å². The van der Waals surface area contributed by atoms with Gasteiger partial charge < -0.3 is 4.90 Å². The fourth-order valence-corrected chi connectivity index (χ4v) is 2.91. The van der Waals surface area contributed by atoms with E-state index in [2.05, 4.69) is 24.8 Å². The number of likely N-dealkylation sites (tertiary alicyclic amines) is 1. The highest BCUT2D eigenvalue weighted by atomic mass is 19.1. The van der Waals surface area contributed by atoms with Crippen LogP contribution in [0.15, 0.2) is 24.8 Å². The number of likely N-dealkylation sites (N-methyl/N-ethyl adjacent to an activating group) is 1. The van der Waals surface area contributed by atoms with Gasteiger partial charge in [0.1, 0.15) is 23.8 Å². The van der Waals surface area contributed by atoms with Crippen molar-refractivity contribution in [1.82, 2.24) is 19.9 Å². The molecular formula is C16H19F2N5. The summed E-state index contributed by atoms with van der Waals surface area (Å²) in [6.45, 7) is 3.71. The Hall–Kier alpha value is -2.15. The summed E-state index contributed by atoms with van der Waals surface area (Å²) < 4.78 is 27.4. The molecule has 0 aliphatic carbocycles. The average molecular weight is 319 g/mol. The number of aromatic nitrogens is 3. The number of anilines is 1. The van der Waals surface area contributed by atoms with Crippen molar-refractivity contribution in [2.45, 2.75) is 25.9 Å². The smallest absolute Gasteiger partial charge is 0.148 e. The van der Waals surface area contributed by atoms with Gasteiger partial charge in [-0.2, -0.15) is 0 Å². The fraction of sp³-hybridized carbons (Fsp3) is 0.438. The molecule has 0 bridgehead atoms. The molecule has 3 heterocycles. The summed E-state index contributed by atoms with van der Waals surface area (Å²) in [7, 11) is 1.99. The standard InChI is InChI=1S/C16H19F2N5/c1-11-5-16(21-10-20-11)22(2)12-3-4-23(8-12)9-13-14(17)6-19-7-15(13)18/h5-7,10,12H,3-4,8-9H2,1-2H3. The molecule has 0 amide bonds. The summed E-state index contributed by atoms with van der Waals surface area (Å²) in [5, 5.41) is 0. The highest BCUT2D eigenvalue weighted by Gasteiger charge is 2.27. The van der Waals surface area contributed by atoms with Gasteiger partial charge in [-0.25, -0.2) is 18.7 Å². The van der Waals surface area contributed by atoms with Crippen molar-refractivity contribution in [2.75, 3.05) is 25.0 Å². The van der Waals surface area contributed by atoms with Crippen LogP contribution >= 0.6 is 0 Å². The number of nitrogens with zero attached hydrogens (tertiary/aromatic N) is 5. The lowest BCUT2D eigenvalue weighted by molar-refractivity contribution is 0.313. The number of aryl methyl sites for hydroxylation is 1. The molecule has 0 N–H and O–H groups in total. The first kappa shape index (κ1) is 15.7. The molecule has 1 atom stereocenters. The van der Waals surface area contributed by atoms with Crippen LogP contribution in [-0.2, 0) is 6.54 Å². The Bertz CT molecular complexity index is 674. The summed E-state index contributed by atoms with van der Waals surface area (Å²) in [5.41, 5.74) is 0.999. The molecule has 1 unspecified atom stereocenters. The largest absolute Gasteiger partial charge is 0.355 e. The maximum Gasteiger partial charge on any atom is 0.148 e. The number of rotatable bonds is 4. The van der Waals surface area contributed by atoms with E-state index in [0.717, 1.165) is 43.4 Å². The Kier molecular flexibility index (Phi) is 4.47. The predicted octanol–water partition coefficient (Wildman–Crippen LogP) is 2.17. The van der Waals surface area contributed by atoms with Gasteiger partial charge in [0.25, 0.3) is 0 Å². The zero-order valence-electron chi connectivity index (χ0n) is 13.2. The summed E-state index contributed by atoms with van der Waals surface area (Å²) in [6, 6.07) is 2.20. The molecule has 0 radical (unpaired) electrons. The molecule has 1 aliphatic heterocycles. The molecule has 0 aromatic carbocycles. The third-order valence-corrected chi connectivity index (χ3v) is 4.28. The van der Waals surface area contributed by atoms with Crippen molar-refractivity contribution in [3.8, 4) is 0 Å². The van der Waals surface area contributed by atoms with Gasteiger partial charge in [-0.3, -0.25) is 9.88 Å². The second-order valence-corrected chi connectivity index (χ2v) is 5.89. The first-order valence-corrected chi connectivity index (χ1v) is 7.56. The second kappa shape index (κ2) is 6.54. The van der Waals surface area contributed by atoms with Crippen molar-refractivity contribution in [2.24, 2.45) is 0 Å². The number of halogens is 2. The minimum Gasteiger partial charge on any atom is -0.355 e. The Morgan fingerprint density at radius 1 is 1.26 bits per heavy atom. The Morgan fingerprint density at radius 3 is 2.70 bits per heavy atom. The molecule has 3 rings (SSSR count). The molecule has 2 aromatic heterocycles. The molecule has 23 heavy (non-hydrogen) atoms. The van der Waals surface area contributed by atoms with E-state index in [4.69, 9.17) is 0 Å². The number of hydrogen-bond donors (Lipinski definition) is 0. The SMILES string of the molecule is Cc1cc(N(C)C2CCN(Cc3c(F)cncc3F)C2)ncn1. The number of pyridine rings is 1. The van der Waals surface area contributed by atoms with Crippen LogP contribution < -0.4 is 4.90 Å². The lowest BCUT2D eigenvalue weighted by Crippen LogP contribution is -2.35. The Morgan fingerprint density at radius 2 is 2.00 bits per heavy atom. The summed E-state index contributed by atoms with van der Waals surface area (Å²) in [5.74, 6) is -0.313. The normalized spacial score (nSPS) is 18.3. The van der Waals surface area contributed by atoms with Crippen LogP contribution in [-0.4, -0.2) is 46.0 Å². The molecule has 5 nitrogen and oxygen atoms in total. The molecule has 7 heteroatoms. The van der Waals surface area contributed by atoms with Crippen molar-refractivity contribution in [3.05, 3.63) is 47.7 Å². The van der Waals surface area contributed by atoms with Gasteiger partial charge in [0.2, 0.25) is 0 Å². The van der Waals surface area contributed by atoms with E-state index in [1.807, 2.05) is 20.0 Å². The molecule has 122 valence electrons. The van der Waals surface area contributed by atoms with Crippen LogP contribution in [0, 0.1) is 18.6 Å². The lowest BCUT2D eigenvalue weighted by atomic mass is 10.2. The second-order valence-electron chi connectivity index (χ2n) is 5.89. The molecule has 1 fully saturated rings. The molecule has 0 saturated carbocycles. The van der Waals surface area contributed by atoms with Gasteiger partial charge in [-0.1, -0.05) is 0 Å². The summed E-state index contributed by atoms with van der Waals surface area (Å²) in [4.78, 5) is 16.1. The van der Waals surface area contributed by atoms with Crippen molar-refractivity contribution in [3.63, 3.8) is 0 Å². The quantitative estimate of drug-likeness (QED) is 0.864. The summed E-state index contributed by atoms with van der Waals surface area (Å²) in [6.07, 6.45) is 4.59. The van der Waals surface area contributed by atoms with Crippen molar-refractivity contribution in [1.29, 1.82) is 0 Å². The topological polar surface area (TPSA) is 45.2 Å². The highest BCUT2D eigenvalue weighted by molar-refractivity contribution is 5.39. The van der Waals surface area contributed by atoms with Crippen LogP contribution in [0.25, 0.3) is 0 Å². The zero-order valence-corrected chi connectivity index (χ0v) is 13.2. The lowest BCUT2D eigenvalue weighted by Gasteiger charge is -2.26. The Balaban J connectivity index is 1.67. The van der Waals surface area contributed by atoms with E-state index < -0.39 is 11.6 Å². The molecule has 1 saturated heterocycles.